The number of Topliss-reactive ketones (excluding diaryl/α,β-unsaturated/α-hetero) is 1. The van der Waals surface area contributed by atoms with E-state index >= 15 is 0 Å². The molecular formula is C30H34O4. The normalized spacial score (nSPS) is 29.9. The Morgan fingerprint density at radius 3 is 2.76 bits per heavy atom. The van der Waals surface area contributed by atoms with Crippen LogP contribution in [0.15, 0.2) is 60.7 Å². The van der Waals surface area contributed by atoms with E-state index in [0.717, 1.165) is 37.9 Å². The number of allylic oxidation sites excluding steroid dienone is 1. The minimum Gasteiger partial charge on any atom is -0.489 e. The summed E-state index contributed by atoms with van der Waals surface area (Å²) in [7, 11) is 1.40. The van der Waals surface area contributed by atoms with Crippen LogP contribution in [0, 0.1) is 23.2 Å². The van der Waals surface area contributed by atoms with Crippen LogP contribution in [-0.4, -0.2) is 18.9 Å². The molecule has 0 aromatic heterocycles. The molecule has 3 aliphatic carbocycles. The van der Waals surface area contributed by atoms with Crippen molar-refractivity contribution in [2.45, 2.75) is 58.0 Å². The van der Waals surface area contributed by atoms with E-state index < -0.39 is 0 Å². The summed E-state index contributed by atoms with van der Waals surface area (Å²) in [6.07, 6.45) is 9.00. The van der Waals surface area contributed by atoms with Crippen LogP contribution in [0.2, 0.25) is 0 Å². The molecule has 2 saturated carbocycles. The fourth-order valence-corrected chi connectivity index (χ4v) is 7.07. The highest BCUT2D eigenvalue weighted by Crippen LogP contribution is 2.62. The molecule has 2 aromatic carbocycles. The quantitative estimate of drug-likeness (QED) is 0.391. The third kappa shape index (κ3) is 4.19. The van der Waals surface area contributed by atoms with Crippen molar-refractivity contribution in [2.24, 2.45) is 23.2 Å². The van der Waals surface area contributed by atoms with Gasteiger partial charge in [-0.2, -0.15) is 0 Å². The van der Waals surface area contributed by atoms with Gasteiger partial charge in [-0.05, 0) is 84.6 Å². The van der Waals surface area contributed by atoms with Gasteiger partial charge in [0, 0.05) is 17.9 Å². The Labute approximate surface area is 202 Å². The van der Waals surface area contributed by atoms with E-state index in [1.165, 1.54) is 29.9 Å². The van der Waals surface area contributed by atoms with Crippen molar-refractivity contribution >= 4 is 11.8 Å². The van der Waals surface area contributed by atoms with E-state index in [4.69, 9.17) is 9.47 Å². The van der Waals surface area contributed by atoms with Crippen LogP contribution in [0.1, 0.15) is 61.6 Å². The second-order valence-corrected chi connectivity index (χ2v) is 10.5. The number of ether oxygens (including phenoxy) is 2. The standard InChI is InChI=1S/C30H34O4/c1-30-16-15-25-24-14-12-23(34-19-20-7-4-3-5-8-20)17-21(24)11-13-26(25)29(30)22(18-27(30)31)9-6-10-28(32)33-2/h3-8,10,12,14,17,22,25-26,29H,9,11,13,15-16,18-19H2,1-2H3/t22-,25+,26+,29-,30+/m0/s1. The molecule has 0 N–H and O–H groups in total. The lowest BCUT2D eigenvalue weighted by Gasteiger charge is -2.49. The Kier molecular flexibility index (Phi) is 6.33. The number of esters is 1. The molecule has 4 heteroatoms. The molecule has 4 nitrogen and oxygen atoms in total. The average molecular weight is 459 g/mol. The van der Waals surface area contributed by atoms with Gasteiger partial charge in [0.25, 0.3) is 0 Å². The van der Waals surface area contributed by atoms with Crippen molar-refractivity contribution in [3.05, 3.63) is 77.4 Å². The number of carbonyl (C=O) groups is 2. The first-order valence-corrected chi connectivity index (χ1v) is 12.6. The summed E-state index contributed by atoms with van der Waals surface area (Å²) in [6, 6.07) is 16.9. The maximum Gasteiger partial charge on any atom is 0.330 e. The molecule has 0 amide bonds. The van der Waals surface area contributed by atoms with Crippen LogP contribution in [0.4, 0.5) is 0 Å². The van der Waals surface area contributed by atoms with Crippen LogP contribution >= 0.6 is 0 Å². The Hall–Kier alpha value is -2.88. The van der Waals surface area contributed by atoms with E-state index in [0.29, 0.717) is 42.5 Å². The minimum absolute atomic E-state index is 0.221. The first kappa shape index (κ1) is 22.9. The number of ketones is 1. The molecule has 2 fully saturated rings. The summed E-state index contributed by atoms with van der Waals surface area (Å²) in [5.41, 5.74) is 3.81. The van der Waals surface area contributed by atoms with Gasteiger partial charge >= 0.3 is 5.97 Å². The highest BCUT2D eigenvalue weighted by molar-refractivity contribution is 5.88. The van der Waals surface area contributed by atoms with Crippen molar-refractivity contribution in [3.8, 4) is 5.75 Å². The van der Waals surface area contributed by atoms with Crippen LogP contribution < -0.4 is 4.74 Å². The van der Waals surface area contributed by atoms with Gasteiger partial charge in [0.2, 0.25) is 0 Å². The lowest BCUT2D eigenvalue weighted by molar-refractivity contribution is -0.135. The van der Waals surface area contributed by atoms with Crippen molar-refractivity contribution in [1.29, 1.82) is 0 Å². The lowest BCUT2D eigenvalue weighted by Crippen LogP contribution is -2.44. The van der Waals surface area contributed by atoms with Crippen molar-refractivity contribution in [2.75, 3.05) is 7.11 Å². The first-order valence-electron chi connectivity index (χ1n) is 12.6. The monoisotopic (exact) mass is 458 g/mol. The number of hydrogen-bond donors (Lipinski definition) is 0. The van der Waals surface area contributed by atoms with Gasteiger partial charge in [-0.25, -0.2) is 4.79 Å². The SMILES string of the molecule is COC(=O)C=CC[C@H]1CC(=O)[C@@]2(C)CC[C@@H]3c4ccc(OCc5ccccc5)cc4CC[C@H]3[C@H]12. The highest BCUT2D eigenvalue weighted by atomic mass is 16.5. The molecule has 5 atom stereocenters. The molecule has 0 bridgehead atoms. The topological polar surface area (TPSA) is 52.6 Å². The molecule has 0 aliphatic heterocycles. The van der Waals surface area contributed by atoms with Crippen LogP contribution in [0.5, 0.6) is 5.75 Å². The molecule has 0 heterocycles. The van der Waals surface area contributed by atoms with E-state index in [1.807, 2.05) is 24.3 Å². The number of fused-ring (bicyclic) bond motifs is 5. The Morgan fingerprint density at radius 2 is 1.97 bits per heavy atom. The van der Waals surface area contributed by atoms with E-state index in [9.17, 15) is 9.59 Å². The molecule has 178 valence electrons. The van der Waals surface area contributed by atoms with Gasteiger partial charge in [-0.1, -0.05) is 49.4 Å². The smallest absolute Gasteiger partial charge is 0.330 e. The number of rotatable bonds is 6. The van der Waals surface area contributed by atoms with Gasteiger partial charge < -0.3 is 9.47 Å². The summed E-state index contributed by atoms with van der Waals surface area (Å²) in [6.45, 7) is 2.78. The number of methoxy groups -OCH3 is 1. The number of carbonyl (C=O) groups excluding carboxylic acids is 2. The maximum absolute atomic E-state index is 13.1. The van der Waals surface area contributed by atoms with Gasteiger partial charge in [0.15, 0.2) is 0 Å². The molecule has 0 saturated heterocycles. The van der Waals surface area contributed by atoms with Gasteiger partial charge in [0.05, 0.1) is 7.11 Å². The number of aryl methyl sites for hydroxylation is 1. The summed E-state index contributed by atoms with van der Waals surface area (Å²) >= 11 is 0. The highest BCUT2D eigenvalue weighted by Gasteiger charge is 2.58. The second-order valence-electron chi connectivity index (χ2n) is 10.5. The molecule has 2 aromatic rings. The zero-order chi connectivity index (χ0) is 23.7. The summed E-state index contributed by atoms with van der Waals surface area (Å²) in [4.78, 5) is 24.6. The first-order chi connectivity index (χ1) is 16.5. The Morgan fingerprint density at radius 1 is 1.15 bits per heavy atom. The maximum atomic E-state index is 13.1. The average Bonchev–Trinajstić information content (AvgIpc) is 3.12. The molecule has 34 heavy (non-hydrogen) atoms. The van der Waals surface area contributed by atoms with Crippen LogP contribution in [-0.2, 0) is 27.4 Å². The molecule has 0 spiro atoms. The van der Waals surface area contributed by atoms with Crippen LogP contribution in [0.25, 0.3) is 0 Å². The Bertz CT molecular complexity index is 1090. The van der Waals surface area contributed by atoms with Crippen LogP contribution in [0.3, 0.4) is 0 Å². The third-order valence-electron chi connectivity index (χ3n) is 8.68. The molecule has 3 aliphatic rings. The predicted molar refractivity (Wildman–Crippen MR) is 131 cm³/mol. The fraction of sp³-hybridized carbons (Fsp3) is 0.467. The van der Waals surface area contributed by atoms with Gasteiger partial charge in [0.1, 0.15) is 18.1 Å². The molecule has 0 unspecified atom stereocenters. The zero-order valence-corrected chi connectivity index (χ0v) is 20.2. The molecule has 0 radical (unpaired) electrons. The zero-order valence-electron chi connectivity index (χ0n) is 20.2. The van der Waals surface area contributed by atoms with E-state index in [1.54, 1.807) is 0 Å². The van der Waals surface area contributed by atoms with Crippen molar-refractivity contribution < 1.29 is 19.1 Å². The number of benzene rings is 2. The van der Waals surface area contributed by atoms with Crippen molar-refractivity contribution in [3.63, 3.8) is 0 Å². The summed E-state index contributed by atoms with van der Waals surface area (Å²) in [5, 5.41) is 0. The van der Waals surface area contributed by atoms with E-state index in [2.05, 4.69) is 37.3 Å². The minimum atomic E-state index is -0.328. The second kappa shape index (κ2) is 9.40. The summed E-state index contributed by atoms with van der Waals surface area (Å²) < 4.78 is 10.8. The Balaban J connectivity index is 1.34. The largest absolute Gasteiger partial charge is 0.489 e. The number of hydrogen-bond acceptors (Lipinski definition) is 4. The lowest BCUT2D eigenvalue weighted by atomic mass is 9.54. The molecule has 5 rings (SSSR count). The molecular weight excluding hydrogens is 424 g/mol. The van der Waals surface area contributed by atoms with E-state index in [-0.39, 0.29) is 11.4 Å². The van der Waals surface area contributed by atoms with Gasteiger partial charge in [-0.15, -0.1) is 0 Å². The van der Waals surface area contributed by atoms with Crippen molar-refractivity contribution in [1.82, 2.24) is 0 Å². The summed E-state index contributed by atoms with van der Waals surface area (Å²) in [5.74, 6) is 2.73. The fourth-order valence-electron chi connectivity index (χ4n) is 7.07. The van der Waals surface area contributed by atoms with Gasteiger partial charge in [-0.3, -0.25) is 4.79 Å². The predicted octanol–water partition coefficient (Wildman–Crippen LogP) is 6.04. The third-order valence-corrected chi connectivity index (χ3v) is 8.68.